The molecule has 0 aliphatic rings. The van der Waals surface area contributed by atoms with Gasteiger partial charge >= 0.3 is 5.97 Å². The van der Waals surface area contributed by atoms with Crippen molar-refractivity contribution in [2.24, 2.45) is 0 Å². The Morgan fingerprint density at radius 2 is 0.495 bits per heavy atom. The highest BCUT2D eigenvalue weighted by Gasteiger charge is 2.20. The summed E-state index contributed by atoms with van der Waals surface area (Å²) in [5.41, 5.74) is 0. The standard InChI is InChI=1S/C89H173NO5/c1-3-5-7-9-11-13-15-17-19-21-22-23-24-40-43-46-50-53-57-61-65-69-73-77-81-87(92)86(85-91)90-88(93)82-78-74-70-66-62-58-54-51-47-44-41-38-36-34-32-30-28-26-25-27-29-31-33-35-37-39-42-45-48-52-56-60-64-68-72-76-80-84-95-89(94)83-79-75-71-67-63-59-55-49-20-18-16-14-12-10-8-6-4-2/h18,20,25,27,86-87,91-92H,3-17,19,21-24,26,28-85H2,1-2H3,(H,90,93)/b20-18-,27-25-. The van der Waals surface area contributed by atoms with Crippen LogP contribution in [0, 0.1) is 0 Å². The third kappa shape index (κ3) is 81.2. The number of ether oxygens (including phenoxy) is 1. The van der Waals surface area contributed by atoms with Crippen molar-refractivity contribution < 1.29 is 24.5 Å². The Bertz CT molecular complexity index is 1500. The molecule has 0 aromatic heterocycles. The van der Waals surface area contributed by atoms with E-state index in [-0.39, 0.29) is 18.5 Å². The predicted molar refractivity (Wildman–Crippen MR) is 421 cm³/mol. The number of amides is 1. The molecular weight excluding hydrogens is 1160 g/mol. The molecule has 0 aromatic rings. The van der Waals surface area contributed by atoms with Crippen LogP contribution >= 0.6 is 0 Å². The third-order valence-corrected chi connectivity index (χ3v) is 21.0. The van der Waals surface area contributed by atoms with Crippen LogP contribution in [-0.2, 0) is 14.3 Å². The van der Waals surface area contributed by atoms with E-state index in [1.54, 1.807) is 0 Å². The molecule has 95 heavy (non-hydrogen) atoms. The number of esters is 1. The second-order valence-electron chi connectivity index (χ2n) is 30.6. The van der Waals surface area contributed by atoms with E-state index in [1.165, 1.54) is 437 Å². The summed E-state index contributed by atoms with van der Waals surface area (Å²) in [5, 5.41) is 23.5. The molecule has 0 saturated heterocycles. The van der Waals surface area contributed by atoms with E-state index in [1.807, 2.05) is 0 Å². The Morgan fingerprint density at radius 1 is 0.284 bits per heavy atom. The second-order valence-corrected chi connectivity index (χ2v) is 30.6. The number of aliphatic hydroxyl groups is 2. The molecule has 6 nitrogen and oxygen atoms in total. The average Bonchev–Trinajstić information content (AvgIpc) is 2.97. The minimum absolute atomic E-state index is 0.0194. The number of hydrogen-bond acceptors (Lipinski definition) is 5. The Hall–Kier alpha value is -1.66. The van der Waals surface area contributed by atoms with Crippen LogP contribution in [0.5, 0.6) is 0 Å². The summed E-state index contributed by atoms with van der Waals surface area (Å²) in [6.07, 6.45) is 110. The quantitative estimate of drug-likeness (QED) is 0.0320. The molecule has 0 spiro atoms. The third-order valence-electron chi connectivity index (χ3n) is 21.0. The van der Waals surface area contributed by atoms with E-state index in [0.717, 1.165) is 38.5 Å². The first-order chi connectivity index (χ1) is 47.0. The first kappa shape index (κ1) is 93.3. The lowest BCUT2D eigenvalue weighted by Crippen LogP contribution is -2.45. The number of nitrogens with one attached hydrogen (secondary N) is 1. The van der Waals surface area contributed by atoms with Crippen LogP contribution < -0.4 is 5.32 Å². The van der Waals surface area contributed by atoms with E-state index in [4.69, 9.17) is 4.74 Å². The summed E-state index contributed by atoms with van der Waals surface area (Å²) >= 11 is 0. The summed E-state index contributed by atoms with van der Waals surface area (Å²) in [5.74, 6) is -0.00520. The first-order valence-corrected chi connectivity index (χ1v) is 44.1. The van der Waals surface area contributed by atoms with Crippen molar-refractivity contribution in [1.29, 1.82) is 0 Å². The summed E-state index contributed by atoms with van der Waals surface area (Å²) < 4.78 is 5.51. The van der Waals surface area contributed by atoms with Gasteiger partial charge in [-0.1, -0.05) is 443 Å². The second kappa shape index (κ2) is 84.8. The van der Waals surface area contributed by atoms with E-state index in [9.17, 15) is 19.8 Å². The van der Waals surface area contributed by atoms with Crippen molar-refractivity contribution in [3.8, 4) is 0 Å². The van der Waals surface area contributed by atoms with Crippen molar-refractivity contribution in [2.45, 2.75) is 520 Å². The molecule has 0 fully saturated rings. The molecule has 0 radical (unpaired) electrons. The number of carbonyl (C=O) groups excluding carboxylic acids is 2. The summed E-state index contributed by atoms with van der Waals surface area (Å²) in [6.45, 7) is 5.01. The van der Waals surface area contributed by atoms with E-state index >= 15 is 0 Å². The molecule has 0 aliphatic heterocycles. The molecule has 1 amide bonds. The molecule has 0 aromatic carbocycles. The van der Waals surface area contributed by atoms with Crippen LogP contribution in [0.2, 0.25) is 0 Å². The van der Waals surface area contributed by atoms with Gasteiger partial charge in [-0.25, -0.2) is 0 Å². The molecule has 0 heterocycles. The van der Waals surface area contributed by atoms with Gasteiger partial charge in [-0.3, -0.25) is 9.59 Å². The van der Waals surface area contributed by atoms with Crippen LogP contribution in [0.4, 0.5) is 0 Å². The number of carbonyl (C=O) groups is 2. The van der Waals surface area contributed by atoms with Gasteiger partial charge < -0.3 is 20.3 Å². The molecular formula is C89H173NO5. The Labute approximate surface area is 596 Å². The SMILES string of the molecule is CCCCCCCC/C=C\CCCCCCCCCC(=O)OCCCCCCCCCCCCCCCCCC/C=C\CCCCCCCCCCCCCCCCCCCC(=O)NC(CO)C(O)CCCCCCCCCCCCCCCCCCCCCCCCCC. The van der Waals surface area contributed by atoms with Gasteiger partial charge in [0.1, 0.15) is 0 Å². The monoisotopic (exact) mass is 1340 g/mol. The summed E-state index contributed by atoms with van der Waals surface area (Å²) in [6, 6.07) is -0.540. The zero-order chi connectivity index (χ0) is 68.4. The van der Waals surface area contributed by atoms with Crippen molar-refractivity contribution in [3.05, 3.63) is 24.3 Å². The van der Waals surface area contributed by atoms with Crippen molar-refractivity contribution in [1.82, 2.24) is 5.32 Å². The molecule has 564 valence electrons. The number of unbranched alkanes of at least 4 members (excludes halogenated alkanes) is 69. The predicted octanol–water partition coefficient (Wildman–Crippen LogP) is 29.6. The molecule has 2 atom stereocenters. The molecule has 0 aliphatic carbocycles. The molecule has 0 bridgehead atoms. The van der Waals surface area contributed by atoms with Crippen molar-refractivity contribution in [3.63, 3.8) is 0 Å². The zero-order valence-corrected chi connectivity index (χ0v) is 64.9. The highest BCUT2D eigenvalue weighted by molar-refractivity contribution is 5.76. The minimum Gasteiger partial charge on any atom is -0.466 e. The smallest absolute Gasteiger partial charge is 0.305 e. The fourth-order valence-electron chi connectivity index (χ4n) is 14.3. The Balaban J connectivity index is 3.33. The van der Waals surface area contributed by atoms with Crippen molar-refractivity contribution >= 4 is 11.9 Å². The Morgan fingerprint density at radius 3 is 0.747 bits per heavy atom. The first-order valence-electron chi connectivity index (χ1n) is 44.1. The average molecular weight is 1340 g/mol. The topological polar surface area (TPSA) is 95.9 Å². The van der Waals surface area contributed by atoms with Crippen LogP contribution in [0.15, 0.2) is 24.3 Å². The van der Waals surface area contributed by atoms with Gasteiger partial charge in [0.05, 0.1) is 25.4 Å². The van der Waals surface area contributed by atoms with Crippen LogP contribution in [-0.4, -0.2) is 47.4 Å². The van der Waals surface area contributed by atoms with Gasteiger partial charge in [0.15, 0.2) is 0 Å². The lowest BCUT2D eigenvalue weighted by molar-refractivity contribution is -0.143. The fourth-order valence-corrected chi connectivity index (χ4v) is 14.3. The van der Waals surface area contributed by atoms with E-state index in [2.05, 4.69) is 43.5 Å². The molecule has 0 rings (SSSR count). The van der Waals surface area contributed by atoms with Gasteiger partial charge in [0.25, 0.3) is 0 Å². The molecule has 0 saturated carbocycles. The maximum atomic E-state index is 12.6. The fraction of sp³-hybridized carbons (Fsp3) is 0.933. The summed E-state index contributed by atoms with van der Waals surface area (Å²) in [7, 11) is 0. The lowest BCUT2D eigenvalue weighted by atomic mass is 10.0. The normalized spacial score (nSPS) is 12.5. The summed E-state index contributed by atoms with van der Waals surface area (Å²) in [4.78, 5) is 24.7. The van der Waals surface area contributed by atoms with E-state index < -0.39 is 12.1 Å². The number of allylic oxidation sites excluding steroid dienone is 4. The van der Waals surface area contributed by atoms with E-state index in [0.29, 0.717) is 25.9 Å². The van der Waals surface area contributed by atoms with Gasteiger partial charge in [0, 0.05) is 12.8 Å². The maximum absolute atomic E-state index is 12.6. The highest BCUT2D eigenvalue weighted by Crippen LogP contribution is 2.21. The van der Waals surface area contributed by atoms with Crippen molar-refractivity contribution in [2.75, 3.05) is 13.2 Å². The van der Waals surface area contributed by atoms with Gasteiger partial charge in [-0.05, 0) is 77.0 Å². The van der Waals surface area contributed by atoms with Gasteiger partial charge in [0.2, 0.25) is 5.91 Å². The zero-order valence-electron chi connectivity index (χ0n) is 64.9. The lowest BCUT2D eigenvalue weighted by Gasteiger charge is -2.22. The Kier molecular flexibility index (Phi) is 83.3. The number of hydrogen-bond donors (Lipinski definition) is 3. The van der Waals surface area contributed by atoms with Gasteiger partial charge in [-0.2, -0.15) is 0 Å². The largest absolute Gasteiger partial charge is 0.466 e. The molecule has 2 unspecified atom stereocenters. The number of rotatable bonds is 84. The van der Waals surface area contributed by atoms with Gasteiger partial charge in [-0.15, -0.1) is 0 Å². The minimum atomic E-state index is -0.663. The molecule has 6 heteroatoms. The van der Waals surface area contributed by atoms with Crippen LogP contribution in [0.25, 0.3) is 0 Å². The molecule has 3 N–H and O–H groups in total. The highest BCUT2D eigenvalue weighted by atomic mass is 16.5. The van der Waals surface area contributed by atoms with Crippen LogP contribution in [0.3, 0.4) is 0 Å². The number of aliphatic hydroxyl groups excluding tert-OH is 2. The van der Waals surface area contributed by atoms with Crippen LogP contribution in [0.1, 0.15) is 508 Å². The maximum Gasteiger partial charge on any atom is 0.305 e.